The van der Waals surface area contributed by atoms with Crippen molar-refractivity contribution in [2.75, 3.05) is 19.6 Å². The molecule has 56 valence electrons. The van der Waals surface area contributed by atoms with Crippen molar-refractivity contribution in [2.24, 2.45) is 0 Å². The van der Waals surface area contributed by atoms with E-state index in [1.807, 2.05) is 4.90 Å². The van der Waals surface area contributed by atoms with Crippen LogP contribution >= 0.6 is 0 Å². The second-order valence-corrected chi connectivity index (χ2v) is 2.33. The van der Waals surface area contributed by atoms with E-state index < -0.39 is 0 Å². The monoisotopic (exact) mass is 140 g/mol. The van der Waals surface area contributed by atoms with Gasteiger partial charge in [0, 0.05) is 19.6 Å². The van der Waals surface area contributed by atoms with Gasteiger partial charge in [-0.2, -0.15) is 0 Å². The van der Waals surface area contributed by atoms with E-state index in [0.29, 0.717) is 0 Å². The van der Waals surface area contributed by atoms with E-state index >= 15 is 0 Å². The molecular weight excluding hydrogens is 128 g/mol. The Morgan fingerprint density at radius 3 is 3.00 bits per heavy atom. The first kappa shape index (κ1) is 7.28. The molecule has 1 saturated heterocycles. The summed E-state index contributed by atoms with van der Waals surface area (Å²) in [5, 5.41) is 3.13. The summed E-state index contributed by atoms with van der Waals surface area (Å²) in [6, 6.07) is -0.00810. The highest BCUT2D eigenvalue weighted by atomic mass is 16.1. The van der Waals surface area contributed by atoms with E-state index in [4.69, 9.17) is 0 Å². The lowest BCUT2D eigenvalue weighted by molar-refractivity contribution is -0.112. The van der Waals surface area contributed by atoms with Crippen LogP contribution in [0.15, 0.2) is 12.8 Å². The fourth-order valence-electron chi connectivity index (χ4n) is 1.09. The number of aldehydes is 1. The van der Waals surface area contributed by atoms with Crippen molar-refractivity contribution in [3.05, 3.63) is 12.8 Å². The molecule has 1 heterocycles. The van der Waals surface area contributed by atoms with Crippen LogP contribution < -0.4 is 5.32 Å². The van der Waals surface area contributed by atoms with E-state index in [9.17, 15) is 4.79 Å². The van der Waals surface area contributed by atoms with Gasteiger partial charge in [0.15, 0.2) is 0 Å². The molecule has 0 radical (unpaired) electrons. The molecule has 0 spiro atoms. The predicted molar refractivity (Wildman–Crippen MR) is 39.6 cm³/mol. The Morgan fingerprint density at radius 1 is 1.70 bits per heavy atom. The average Bonchev–Trinajstić information content (AvgIpc) is 2.04. The maximum atomic E-state index is 10.4. The van der Waals surface area contributed by atoms with Crippen LogP contribution in [-0.2, 0) is 4.79 Å². The lowest BCUT2D eigenvalue weighted by atomic mass is 10.2. The Kier molecular flexibility index (Phi) is 2.45. The van der Waals surface area contributed by atoms with E-state index in [1.165, 1.54) is 0 Å². The van der Waals surface area contributed by atoms with Crippen LogP contribution in [0.3, 0.4) is 0 Å². The molecule has 0 aromatic rings. The summed E-state index contributed by atoms with van der Waals surface area (Å²) in [5.41, 5.74) is 0. The van der Waals surface area contributed by atoms with Gasteiger partial charge in [0.2, 0.25) is 0 Å². The zero-order chi connectivity index (χ0) is 7.40. The third-order valence-electron chi connectivity index (χ3n) is 1.72. The molecule has 0 bridgehead atoms. The number of nitrogens with zero attached hydrogens (tertiary/aromatic N) is 1. The highest BCUT2D eigenvalue weighted by Gasteiger charge is 2.16. The molecule has 1 aliphatic rings. The molecule has 0 amide bonds. The molecule has 10 heavy (non-hydrogen) atoms. The summed E-state index contributed by atoms with van der Waals surface area (Å²) < 4.78 is 0. The average molecular weight is 140 g/mol. The summed E-state index contributed by atoms with van der Waals surface area (Å²) in [6.07, 6.45) is 2.67. The number of carbonyl (C=O) groups excluding carboxylic acids is 1. The van der Waals surface area contributed by atoms with E-state index in [-0.39, 0.29) is 6.04 Å². The third-order valence-corrected chi connectivity index (χ3v) is 1.72. The van der Waals surface area contributed by atoms with Crippen LogP contribution in [0.25, 0.3) is 0 Å². The largest absolute Gasteiger partial charge is 0.366 e. The fourth-order valence-corrected chi connectivity index (χ4v) is 1.09. The molecule has 0 saturated carbocycles. The highest BCUT2D eigenvalue weighted by molar-refractivity contribution is 5.58. The van der Waals surface area contributed by atoms with Gasteiger partial charge >= 0.3 is 0 Å². The van der Waals surface area contributed by atoms with Crippen molar-refractivity contribution in [2.45, 2.75) is 6.04 Å². The summed E-state index contributed by atoms with van der Waals surface area (Å²) in [6.45, 7) is 6.19. The van der Waals surface area contributed by atoms with Gasteiger partial charge in [0.1, 0.15) is 6.29 Å². The van der Waals surface area contributed by atoms with Crippen LogP contribution in [0.5, 0.6) is 0 Å². The zero-order valence-electron chi connectivity index (χ0n) is 5.92. The van der Waals surface area contributed by atoms with Gasteiger partial charge in [-0.05, 0) is 6.20 Å². The first-order chi connectivity index (χ1) is 4.88. The van der Waals surface area contributed by atoms with Crippen LogP contribution in [0.4, 0.5) is 0 Å². The van der Waals surface area contributed by atoms with Gasteiger partial charge in [-0.25, -0.2) is 0 Å². The van der Waals surface area contributed by atoms with E-state index in [0.717, 1.165) is 25.9 Å². The smallest absolute Gasteiger partial charge is 0.143 e. The number of hydrogen-bond donors (Lipinski definition) is 1. The molecule has 1 aliphatic heterocycles. The first-order valence-corrected chi connectivity index (χ1v) is 3.43. The normalized spacial score (nSPS) is 26.0. The third kappa shape index (κ3) is 1.36. The number of piperazine rings is 1. The number of hydrogen-bond acceptors (Lipinski definition) is 3. The molecule has 1 fully saturated rings. The highest BCUT2D eigenvalue weighted by Crippen LogP contribution is 1.99. The lowest BCUT2D eigenvalue weighted by Gasteiger charge is -2.31. The Morgan fingerprint density at radius 2 is 2.50 bits per heavy atom. The minimum atomic E-state index is -0.00810. The van der Waals surface area contributed by atoms with Crippen LogP contribution in [0.2, 0.25) is 0 Å². The van der Waals surface area contributed by atoms with E-state index in [1.54, 1.807) is 6.20 Å². The van der Waals surface area contributed by atoms with Gasteiger partial charge in [-0.1, -0.05) is 6.58 Å². The molecule has 0 aliphatic carbocycles. The van der Waals surface area contributed by atoms with Crippen LogP contribution in [0.1, 0.15) is 0 Å². The maximum absolute atomic E-state index is 10.4. The Labute approximate surface area is 60.7 Å². The zero-order valence-corrected chi connectivity index (χ0v) is 5.92. The van der Waals surface area contributed by atoms with Gasteiger partial charge in [0.05, 0.1) is 6.04 Å². The van der Waals surface area contributed by atoms with Crippen LogP contribution in [0, 0.1) is 0 Å². The van der Waals surface area contributed by atoms with Crippen molar-refractivity contribution in [3.8, 4) is 0 Å². The summed E-state index contributed by atoms with van der Waals surface area (Å²) >= 11 is 0. The molecule has 0 aromatic heterocycles. The minimum absolute atomic E-state index is 0.00810. The Bertz CT molecular complexity index is 120. The van der Waals surface area contributed by atoms with Crippen molar-refractivity contribution >= 4 is 6.29 Å². The SMILES string of the molecule is C=CN1CCNCC1C=O. The van der Waals surface area contributed by atoms with E-state index in [2.05, 4.69) is 11.9 Å². The molecule has 1 N–H and O–H groups in total. The summed E-state index contributed by atoms with van der Waals surface area (Å²) in [7, 11) is 0. The van der Waals surface area contributed by atoms with Crippen molar-refractivity contribution in [3.63, 3.8) is 0 Å². The topological polar surface area (TPSA) is 32.3 Å². The van der Waals surface area contributed by atoms with Crippen molar-refractivity contribution in [1.82, 2.24) is 10.2 Å². The van der Waals surface area contributed by atoms with Gasteiger partial charge in [-0.3, -0.25) is 0 Å². The Balaban J connectivity index is 2.49. The molecule has 1 rings (SSSR count). The molecule has 0 aromatic carbocycles. The number of nitrogens with one attached hydrogen (secondary N) is 1. The fraction of sp³-hybridized carbons (Fsp3) is 0.571. The first-order valence-electron chi connectivity index (χ1n) is 3.43. The standard InChI is InChI=1S/C7H12N2O/c1-2-9-4-3-8-5-7(9)6-10/h2,6-8H,1,3-5H2. The maximum Gasteiger partial charge on any atom is 0.143 e. The predicted octanol–water partition coefficient (Wildman–Crippen LogP) is -0.397. The quantitative estimate of drug-likeness (QED) is 0.530. The van der Waals surface area contributed by atoms with Crippen molar-refractivity contribution in [1.29, 1.82) is 0 Å². The summed E-state index contributed by atoms with van der Waals surface area (Å²) in [4.78, 5) is 12.3. The lowest BCUT2D eigenvalue weighted by Crippen LogP contribution is -2.49. The van der Waals surface area contributed by atoms with Gasteiger partial charge in [-0.15, -0.1) is 0 Å². The molecular formula is C7H12N2O. The Hall–Kier alpha value is -0.830. The van der Waals surface area contributed by atoms with Crippen molar-refractivity contribution < 1.29 is 4.79 Å². The second-order valence-electron chi connectivity index (χ2n) is 2.33. The minimum Gasteiger partial charge on any atom is -0.366 e. The number of carbonyl (C=O) groups is 1. The molecule has 3 nitrogen and oxygen atoms in total. The summed E-state index contributed by atoms with van der Waals surface area (Å²) in [5.74, 6) is 0. The van der Waals surface area contributed by atoms with Gasteiger partial charge in [0.25, 0.3) is 0 Å². The molecule has 3 heteroatoms. The second kappa shape index (κ2) is 3.37. The van der Waals surface area contributed by atoms with Gasteiger partial charge < -0.3 is 15.0 Å². The molecule has 1 unspecified atom stereocenters. The molecule has 1 atom stereocenters. The van der Waals surface area contributed by atoms with Crippen LogP contribution in [-0.4, -0.2) is 36.9 Å². The number of rotatable bonds is 2.